The minimum atomic E-state index is -0.260. The van der Waals surface area contributed by atoms with Crippen LogP contribution < -0.4 is 10.2 Å². The van der Waals surface area contributed by atoms with Gasteiger partial charge in [0.1, 0.15) is 23.3 Å². The largest absolute Gasteiger partial charge is 0.370 e. The molecule has 1 aromatic carbocycles. The first-order valence-corrected chi connectivity index (χ1v) is 7.13. The quantitative estimate of drug-likeness (QED) is 0.904. The number of halogens is 1. The Hall–Kier alpha value is -2.17. The predicted molar refractivity (Wildman–Crippen MR) is 84.7 cm³/mol. The average Bonchev–Trinajstić information content (AvgIpc) is 2.46. The Morgan fingerprint density at radius 3 is 2.62 bits per heavy atom. The van der Waals surface area contributed by atoms with E-state index in [0.717, 1.165) is 29.7 Å². The average molecular weight is 288 g/mol. The zero-order valence-corrected chi connectivity index (χ0v) is 12.9. The Morgan fingerprint density at radius 2 is 2.00 bits per heavy atom. The molecule has 0 aliphatic carbocycles. The zero-order valence-electron chi connectivity index (χ0n) is 12.9. The predicted octanol–water partition coefficient (Wildman–Crippen LogP) is 3.94. The summed E-state index contributed by atoms with van der Waals surface area (Å²) >= 11 is 0. The van der Waals surface area contributed by atoms with E-state index in [1.807, 2.05) is 31.0 Å². The highest BCUT2D eigenvalue weighted by molar-refractivity contribution is 5.61. The fourth-order valence-corrected chi connectivity index (χ4v) is 1.97. The topological polar surface area (TPSA) is 41.0 Å². The number of nitrogens with zero attached hydrogens (tertiary/aromatic N) is 3. The van der Waals surface area contributed by atoms with Crippen molar-refractivity contribution in [2.24, 2.45) is 0 Å². The van der Waals surface area contributed by atoms with Gasteiger partial charge in [0.25, 0.3) is 0 Å². The Morgan fingerprint density at radius 1 is 1.24 bits per heavy atom. The van der Waals surface area contributed by atoms with E-state index in [9.17, 15) is 4.39 Å². The molecule has 2 aromatic rings. The Balaban J connectivity index is 2.41. The third-order valence-electron chi connectivity index (χ3n) is 3.14. The lowest BCUT2D eigenvalue weighted by atomic mass is 10.2. The molecule has 2 rings (SSSR count). The summed E-state index contributed by atoms with van der Waals surface area (Å²) in [6.07, 6.45) is 0. The van der Waals surface area contributed by atoms with Crippen LogP contribution in [0.5, 0.6) is 0 Å². The number of rotatable bonds is 5. The molecule has 1 N–H and O–H groups in total. The monoisotopic (exact) mass is 288 g/mol. The van der Waals surface area contributed by atoms with E-state index in [-0.39, 0.29) is 11.7 Å². The van der Waals surface area contributed by atoms with Crippen molar-refractivity contribution >= 4 is 17.3 Å². The highest BCUT2D eigenvalue weighted by atomic mass is 19.1. The van der Waals surface area contributed by atoms with Crippen molar-refractivity contribution in [2.45, 2.75) is 26.7 Å². The molecule has 0 spiro atoms. The normalized spacial score (nSPS) is 10.8. The molecule has 1 aromatic heterocycles. The Bertz CT molecular complexity index is 613. The SMILES string of the molecule is CCNc1cc(N(C)c2cccc(F)c2)nc(C(C)C)n1. The molecule has 0 saturated heterocycles. The van der Waals surface area contributed by atoms with Crippen molar-refractivity contribution in [1.82, 2.24) is 9.97 Å². The fourth-order valence-electron chi connectivity index (χ4n) is 1.97. The minimum Gasteiger partial charge on any atom is -0.370 e. The smallest absolute Gasteiger partial charge is 0.138 e. The zero-order chi connectivity index (χ0) is 15.4. The van der Waals surface area contributed by atoms with Crippen LogP contribution in [0.15, 0.2) is 30.3 Å². The van der Waals surface area contributed by atoms with Crippen molar-refractivity contribution in [1.29, 1.82) is 0 Å². The highest BCUT2D eigenvalue weighted by Gasteiger charge is 2.12. The third kappa shape index (κ3) is 3.68. The molecule has 112 valence electrons. The van der Waals surface area contributed by atoms with Gasteiger partial charge < -0.3 is 10.2 Å². The van der Waals surface area contributed by atoms with Crippen molar-refractivity contribution in [3.8, 4) is 0 Å². The molecule has 21 heavy (non-hydrogen) atoms. The van der Waals surface area contributed by atoms with E-state index in [4.69, 9.17) is 0 Å². The van der Waals surface area contributed by atoms with E-state index in [2.05, 4.69) is 29.1 Å². The van der Waals surface area contributed by atoms with Crippen LogP contribution in [0, 0.1) is 5.82 Å². The number of hydrogen-bond donors (Lipinski definition) is 1. The van der Waals surface area contributed by atoms with Crippen molar-refractivity contribution in [2.75, 3.05) is 23.8 Å². The van der Waals surface area contributed by atoms with Crippen molar-refractivity contribution < 1.29 is 4.39 Å². The van der Waals surface area contributed by atoms with Crippen LogP contribution in [0.3, 0.4) is 0 Å². The second-order valence-corrected chi connectivity index (χ2v) is 5.19. The second kappa shape index (κ2) is 6.52. The number of benzene rings is 1. The van der Waals surface area contributed by atoms with Gasteiger partial charge in [-0.15, -0.1) is 0 Å². The van der Waals surface area contributed by atoms with Gasteiger partial charge in [-0.1, -0.05) is 19.9 Å². The van der Waals surface area contributed by atoms with Gasteiger partial charge in [0, 0.05) is 31.3 Å². The fraction of sp³-hybridized carbons (Fsp3) is 0.375. The molecule has 0 radical (unpaired) electrons. The number of anilines is 3. The second-order valence-electron chi connectivity index (χ2n) is 5.19. The first-order chi connectivity index (χ1) is 10.0. The van der Waals surface area contributed by atoms with Gasteiger partial charge in [0.15, 0.2) is 0 Å². The lowest BCUT2D eigenvalue weighted by Gasteiger charge is -2.20. The molecule has 5 heteroatoms. The molecule has 0 amide bonds. The van der Waals surface area contributed by atoms with Crippen LogP contribution in [0.1, 0.15) is 32.5 Å². The number of hydrogen-bond acceptors (Lipinski definition) is 4. The summed E-state index contributed by atoms with van der Waals surface area (Å²) in [4.78, 5) is 10.9. The maximum absolute atomic E-state index is 13.4. The van der Waals surface area contributed by atoms with Gasteiger partial charge in [0.2, 0.25) is 0 Å². The van der Waals surface area contributed by atoms with Crippen LogP contribution in [-0.2, 0) is 0 Å². The van der Waals surface area contributed by atoms with E-state index in [1.54, 1.807) is 6.07 Å². The maximum atomic E-state index is 13.4. The van der Waals surface area contributed by atoms with Crippen LogP contribution in [0.25, 0.3) is 0 Å². The number of aromatic nitrogens is 2. The maximum Gasteiger partial charge on any atom is 0.138 e. The summed E-state index contributed by atoms with van der Waals surface area (Å²) in [6.45, 7) is 6.92. The van der Waals surface area contributed by atoms with Crippen LogP contribution in [0.2, 0.25) is 0 Å². The van der Waals surface area contributed by atoms with E-state index < -0.39 is 0 Å². The molecular formula is C16H21FN4. The Kier molecular flexibility index (Phi) is 4.73. The molecule has 0 fully saturated rings. The highest BCUT2D eigenvalue weighted by Crippen LogP contribution is 2.25. The minimum absolute atomic E-state index is 0.225. The molecule has 4 nitrogen and oxygen atoms in total. The Labute approximate surface area is 125 Å². The van der Waals surface area contributed by atoms with Gasteiger partial charge in [0.05, 0.1) is 0 Å². The van der Waals surface area contributed by atoms with Gasteiger partial charge in [-0.25, -0.2) is 14.4 Å². The van der Waals surface area contributed by atoms with Crippen LogP contribution >= 0.6 is 0 Å². The van der Waals surface area contributed by atoms with E-state index in [0.29, 0.717) is 0 Å². The van der Waals surface area contributed by atoms with Gasteiger partial charge in [-0.3, -0.25) is 0 Å². The van der Waals surface area contributed by atoms with Gasteiger partial charge >= 0.3 is 0 Å². The summed E-state index contributed by atoms with van der Waals surface area (Å²) in [6, 6.07) is 8.34. The lowest BCUT2D eigenvalue weighted by molar-refractivity contribution is 0.628. The molecule has 0 aliphatic heterocycles. The molecule has 1 heterocycles. The summed E-state index contributed by atoms with van der Waals surface area (Å²) in [5.41, 5.74) is 0.755. The van der Waals surface area contributed by atoms with Crippen LogP contribution in [-0.4, -0.2) is 23.6 Å². The van der Waals surface area contributed by atoms with Gasteiger partial charge in [-0.2, -0.15) is 0 Å². The molecule has 0 aliphatic rings. The lowest BCUT2D eigenvalue weighted by Crippen LogP contribution is -2.15. The van der Waals surface area contributed by atoms with E-state index >= 15 is 0 Å². The van der Waals surface area contributed by atoms with Crippen LogP contribution in [0.4, 0.5) is 21.7 Å². The third-order valence-corrected chi connectivity index (χ3v) is 3.14. The summed E-state index contributed by atoms with van der Waals surface area (Å²) in [7, 11) is 1.87. The summed E-state index contributed by atoms with van der Waals surface area (Å²) < 4.78 is 13.4. The summed E-state index contributed by atoms with van der Waals surface area (Å²) in [5.74, 6) is 2.27. The number of nitrogens with one attached hydrogen (secondary N) is 1. The first kappa shape index (κ1) is 15.2. The molecular weight excluding hydrogens is 267 g/mol. The standard InChI is InChI=1S/C16H21FN4/c1-5-18-14-10-15(20-16(19-14)11(2)3)21(4)13-8-6-7-12(17)9-13/h6-11H,5H2,1-4H3,(H,18,19,20). The molecule has 0 unspecified atom stereocenters. The van der Waals surface area contributed by atoms with Crippen molar-refractivity contribution in [3.05, 3.63) is 42.0 Å². The van der Waals surface area contributed by atoms with E-state index in [1.165, 1.54) is 12.1 Å². The van der Waals surface area contributed by atoms with Crippen molar-refractivity contribution in [3.63, 3.8) is 0 Å². The molecule has 0 saturated carbocycles. The van der Waals surface area contributed by atoms with Gasteiger partial charge in [-0.05, 0) is 25.1 Å². The molecule has 0 bridgehead atoms. The first-order valence-electron chi connectivity index (χ1n) is 7.13. The summed E-state index contributed by atoms with van der Waals surface area (Å²) in [5, 5.41) is 3.21. The molecule has 0 atom stereocenters.